The quantitative estimate of drug-likeness (QED) is 0.333. The minimum atomic E-state index is -0.515. The number of aromatic nitrogens is 3. The molecular weight excluding hydrogens is 532 g/mol. The average molecular weight is 567 g/mol. The molecule has 4 heterocycles. The third-order valence-electron chi connectivity index (χ3n) is 6.50. The van der Waals surface area contributed by atoms with E-state index in [1.165, 1.54) is 24.6 Å². The summed E-state index contributed by atoms with van der Waals surface area (Å²) in [6.45, 7) is 9.42. The number of anilines is 1. The van der Waals surface area contributed by atoms with Gasteiger partial charge in [-0.05, 0) is 33.0 Å². The van der Waals surface area contributed by atoms with Crippen molar-refractivity contribution in [2.24, 2.45) is 0 Å². The number of esters is 1. The van der Waals surface area contributed by atoms with Crippen LogP contribution in [0.25, 0.3) is 21.7 Å². The van der Waals surface area contributed by atoms with Crippen LogP contribution in [0.3, 0.4) is 0 Å². The van der Waals surface area contributed by atoms with Crippen LogP contribution >= 0.6 is 11.3 Å². The number of likely N-dealkylation sites (N-methyl/N-ethyl adjacent to an activating group) is 1. The van der Waals surface area contributed by atoms with Gasteiger partial charge in [0.2, 0.25) is 0 Å². The second kappa shape index (κ2) is 13.4. The van der Waals surface area contributed by atoms with Crippen molar-refractivity contribution in [1.82, 2.24) is 35.4 Å². The Morgan fingerprint density at radius 2 is 1.82 bits per heavy atom. The number of rotatable bonds is 9. The number of urea groups is 1. The fraction of sp³-hybridized carbons (Fsp3) is 0.407. The second-order valence-corrected chi connectivity index (χ2v) is 10.4. The third kappa shape index (κ3) is 7.17. The van der Waals surface area contributed by atoms with Crippen molar-refractivity contribution in [2.45, 2.75) is 13.8 Å². The van der Waals surface area contributed by atoms with Crippen LogP contribution < -0.4 is 16.0 Å². The number of nitrogens with one attached hydrogen (secondary N) is 3. The Morgan fingerprint density at radius 1 is 1.05 bits per heavy atom. The number of pyridine rings is 2. The van der Waals surface area contributed by atoms with Crippen LogP contribution in [0.2, 0.25) is 0 Å². The topological polar surface area (TPSA) is 142 Å². The molecule has 3 aromatic rings. The van der Waals surface area contributed by atoms with Crippen molar-refractivity contribution in [1.29, 1.82) is 0 Å². The van der Waals surface area contributed by atoms with E-state index in [1.807, 2.05) is 6.92 Å². The van der Waals surface area contributed by atoms with E-state index in [9.17, 15) is 14.4 Å². The molecule has 1 aliphatic rings. The Labute approximate surface area is 237 Å². The molecule has 13 heteroatoms. The summed E-state index contributed by atoms with van der Waals surface area (Å²) < 4.78 is 4.84. The van der Waals surface area contributed by atoms with Crippen LogP contribution in [0.15, 0.2) is 30.7 Å². The molecule has 0 radical (unpaired) electrons. The highest BCUT2D eigenvalue weighted by Gasteiger charge is 2.21. The summed E-state index contributed by atoms with van der Waals surface area (Å²) in [6.07, 6.45) is 4.61. The lowest BCUT2D eigenvalue weighted by atomic mass is 10.0. The summed E-state index contributed by atoms with van der Waals surface area (Å²) >= 11 is 1.26. The Bertz CT molecular complexity index is 1370. The van der Waals surface area contributed by atoms with E-state index in [-0.39, 0.29) is 11.5 Å². The van der Waals surface area contributed by atoms with E-state index in [0.29, 0.717) is 51.2 Å². The molecule has 40 heavy (non-hydrogen) atoms. The first kappa shape index (κ1) is 29.1. The van der Waals surface area contributed by atoms with Crippen molar-refractivity contribution in [2.75, 3.05) is 65.3 Å². The number of carbonyl (C=O) groups excluding carboxylic acids is 3. The number of aryl methyl sites for hydroxylation is 1. The van der Waals surface area contributed by atoms with Crippen molar-refractivity contribution < 1.29 is 19.1 Å². The van der Waals surface area contributed by atoms with Gasteiger partial charge < -0.3 is 20.3 Å². The molecule has 0 saturated carbocycles. The van der Waals surface area contributed by atoms with Gasteiger partial charge in [0.15, 0.2) is 0 Å². The van der Waals surface area contributed by atoms with E-state index in [4.69, 9.17) is 9.72 Å². The number of ether oxygens (including phenoxy) is 1. The lowest BCUT2D eigenvalue weighted by Crippen LogP contribution is -2.46. The summed E-state index contributed by atoms with van der Waals surface area (Å²) in [5.41, 5.74) is 2.76. The summed E-state index contributed by atoms with van der Waals surface area (Å²) in [4.78, 5) is 55.8. The van der Waals surface area contributed by atoms with E-state index in [0.717, 1.165) is 32.7 Å². The highest BCUT2D eigenvalue weighted by molar-refractivity contribution is 7.17. The van der Waals surface area contributed by atoms with Crippen molar-refractivity contribution in [3.63, 3.8) is 0 Å². The third-order valence-corrected chi connectivity index (χ3v) is 7.69. The fourth-order valence-corrected chi connectivity index (χ4v) is 5.28. The molecule has 0 bridgehead atoms. The van der Waals surface area contributed by atoms with Gasteiger partial charge in [0, 0.05) is 81.1 Å². The number of thiazole rings is 1. The Morgan fingerprint density at radius 3 is 2.55 bits per heavy atom. The van der Waals surface area contributed by atoms with Crippen molar-refractivity contribution in [3.05, 3.63) is 46.9 Å². The van der Waals surface area contributed by atoms with Gasteiger partial charge in [0.05, 0.1) is 18.4 Å². The molecule has 3 amide bonds. The number of hydrogen-bond donors (Lipinski definition) is 3. The number of nitrogens with zero attached hydrogens (tertiary/aromatic N) is 5. The van der Waals surface area contributed by atoms with E-state index >= 15 is 0 Å². The smallest absolute Gasteiger partial charge is 0.339 e. The Kier molecular flexibility index (Phi) is 9.74. The number of amides is 3. The van der Waals surface area contributed by atoms with E-state index in [2.05, 4.69) is 42.8 Å². The van der Waals surface area contributed by atoms with Crippen molar-refractivity contribution in [3.8, 4) is 21.7 Å². The highest BCUT2D eigenvalue weighted by Crippen LogP contribution is 2.36. The number of hydrogen-bond acceptors (Lipinski definition) is 10. The zero-order valence-electron chi connectivity index (χ0n) is 23.1. The molecule has 0 spiro atoms. The first-order valence-electron chi connectivity index (χ1n) is 13.0. The minimum Gasteiger partial charge on any atom is -0.465 e. The lowest BCUT2D eigenvalue weighted by Gasteiger charge is -2.32. The fourth-order valence-electron chi connectivity index (χ4n) is 4.27. The van der Waals surface area contributed by atoms with Gasteiger partial charge in [-0.25, -0.2) is 19.6 Å². The van der Waals surface area contributed by atoms with Gasteiger partial charge in [-0.15, -0.1) is 11.3 Å². The van der Waals surface area contributed by atoms with Crippen LogP contribution in [0.4, 0.5) is 10.6 Å². The van der Waals surface area contributed by atoms with Gasteiger partial charge in [0.1, 0.15) is 15.7 Å². The maximum Gasteiger partial charge on any atom is 0.339 e. The Hall–Kier alpha value is -3.94. The molecular formula is C27H34N8O4S. The summed E-state index contributed by atoms with van der Waals surface area (Å²) in [6, 6.07) is 2.96. The molecule has 1 saturated heterocycles. The van der Waals surface area contributed by atoms with E-state index in [1.54, 1.807) is 31.5 Å². The second-order valence-electron chi connectivity index (χ2n) is 9.39. The molecule has 212 valence electrons. The van der Waals surface area contributed by atoms with Gasteiger partial charge in [-0.2, -0.15) is 0 Å². The highest BCUT2D eigenvalue weighted by atomic mass is 32.1. The Balaban J connectivity index is 1.61. The summed E-state index contributed by atoms with van der Waals surface area (Å²) in [7, 11) is 3.42. The van der Waals surface area contributed by atoms with Crippen LogP contribution in [0, 0.1) is 6.92 Å². The van der Waals surface area contributed by atoms with Gasteiger partial charge in [-0.3, -0.25) is 20.0 Å². The summed E-state index contributed by atoms with van der Waals surface area (Å²) in [5.74, 6) is -0.382. The maximum atomic E-state index is 13.1. The number of methoxy groups -OCH3 is 1. The van der Waals surface area contributed by atoms with Crippen LogP contribution in [0.1, 0.15) is 32.6 Å². The molecule has 12 nitrogen and oxygen atoms in total. The normalized spacial score (nSPS) is 14.0. The average Bonchev–Trinajstić information content (AvgIpc) is 3.35. The van der Waals surface area contributed by atoms with Crippen LogP contribution in [-0.4, -0.2) is 103 Å². The molecule has 3 N–H and O–H groups in total. The zero-order valence-corrected chi connectivity index (χ0v) is 23.9. The van der Waals surface area contributed by atoms with E-state index < -0.39 is 12.0 Å². The standard InChI is InChI=1S/C27H34N8O4S/c1-5-29-27(38)33-22-13-20(21(16-31-22)18-12-19(15-28-14-18)26(37)39-4)25-32-17(2)23(40-25)24(36)30-6-7-35-10-8-34(3)9-11-35/h12-16H,5-11H2,1-4H3,(H,30,36)(H2,29,31,33,38). The zero-order chi connectivity index (χ0) is 28.6. The van der Waals surface area contributed by atoms with Gasteiger partial charge in [0.25, 0.3) is 5.91 Å². The lowest BCUT2D eigenvalue weighted by molar-refractivity contribution is 0.0600. The number of piperazine rings is 1. The molecule has 0 unspecified atom stereocenters. The van der Waals surface area contributed by atoms with Crippen LogP contribution in [-0.2, 0) is 4.74 Å². The largest absolute Gasteiger partial charge is 0.465 e. The maximum absolute atomic E-state index is 13.1. The first-order chi connectivity index (χ1) is 19.3. The molecule has 4 rings (SSSR count). The molecule has 0 atom stereocenters. The van der Waals surface area contributed by atoms with Gasteiger partial charge >= 0.3 is 12.0 Å². The molecule has 1 fully saturated rings. The SMILES string of the molecule is CCNC(=O)Nc1cc(-c2nc(C)c(C(=O)NCCN3CCN(C)CC3)s2)c(-c2cncc(C(=O)OC)c2)cn1. The predicted molar refractivity (Wildman–Crippen MR) is 154 cm³/mol. The predicted octanol–water partition coefficient (Wildman–Crippen LogP) is 2.48. The molecule has 0 aliphatic carbocycles. The van der Waals surface area contributed by atoms with Crippen molar-refractivity contribution >= 4 is 35.1 Å². The monoisotopic (exact) mass is 566 g/mol. The van der Waals surface area contributed by atoms with Crippen LogP contribution in [0.5, 0.6) is 0 Å². The molecule has 1 aliphatic heterocycles. The minimum absolute atomic E-state index is 0.180. The molecule has 3 aromatic heterocycles. The first-order valence-corrected chi connectivity index (χ1v) is 13.9. The molecule has 0 aromatic carbocycles. The van der Waals surface area contributed by atoms with Gasteiger partial charge in [-0.1, -0.05) is 0 Å². The summed E-state index contributed by atoms with van der Waals surface area (Å²) in [5, 5.41) is 8.99. The number of carbonyl (C=O) groups is 3.